The second-order valence-electron chi connectivity index (χ2n) is 4.93. The van der Waals surface area contributed by atoms with E-state index in [9.17, 15) is 19.8 Å². The van der Waals surface area contributed by atoms with Gasteiger partial charge in [-0.25, -0.2) is 4.79 Å². The van der Waals surface area contributed by atoms with Crippen LogP contribution in [0.4, 0.5) is 11.4 Å². The summed E-state index contributed by atoms with van der Waals surface area (Å²) in [5, 5.41) is 19.8. The lowest BCUT2D eigenvalue weighted by Gasteiger charge is -2.25. The Balaban J connectivity index is 2.68. The summed E-state index contributed by atoms with van der Waals surface area (Å²) in [4.78, 5) is 25.3. The minimum absolute atomic E-state index is 0.0675. The summed E-state index contributed by atoms with van der Waals surface area (Å²) in [6, 6.07) is 10.5. The molecule has 0 spiro atoms. The summed E-state index contributed by atoms with van der Waals surface area (Å²) in [5.74, 6) is -1.62. The summed E-state index contributed by atoms with van der Waals surface area (Å²) >= 11 is 5.98. The van der Waals surface area contributed by atoms with Crippen LogP contribution in [0.15, 0.2) is 42.5 Å². The first-order valence-corrected chi connectivity index (χ1v) is 7.47. The molecule has 0 saturated carbocycles. The molecule has 2 rings (SSSR count). The first-order valence-electron chi connectivity index (χ1n) is 7.09. The number of hydrogen-bond donors (Lipinski definition) is 2. The average molecular weight is 334 g/mol. The molecule has 0 saturated heterocycles. The molecule has 2 aromatic carbocycles. The maximum Gasteiger partial charge on any atom is 0.337 e. The third-order valence-corrected chi connectivity index (χ3v) is 3.50. The van der Waals surface area contributed by atoms with Crippen LogP contribution in [0.3, 0.4) is 0 Å². The predicted molar refractivity (Wildman–Crippen MR) is 88.6 cm³/mol. The molecule has 0 aliphatic heterocycles. The van der Waals surface area contributed by atoms with Crippen molar-refractivity contribution in [2.75, 3.05) is 4.90 Å². The van der Waals surface area contributed by atoms with Crippen molar-refractivity contribution in [3.8, 4) is 5.75 Å². The zero-order valence-electron chi connectivity index (χ0n) is 12.5. The van der Waals surface area contributed by atoms with Gasteiger partial charge in [0.05, 0.1) is 16.9 Å². The maximum atomic E-state index is 12.6. The molecule has 5 nitrogen and oxygen atoms in total. The molecule has 23 heavy (non-hydrogen) atoms. The molecule has 6 heteroatoms. The number of carbonyl (C=O) groups excluding carboxylic acids is 1. The van der Waals surface area contributed by atoms with Crippen LogP contribution >= 0.6 is 11.6 Å². The number of carboxylic acid groups (broad SMARTS) is 1. The molecule has 0 fully saturated rings. The van der Waals surface area contributed by atoms with Crippen molar-refractivity contribution < 1.29 is 19.8 Å². The van der Waals surface area contributed by atoms with E-state index < -0.39 is 5.97 Å². The number of aromatic hydroxyl groups is 1. The van der Waals surface area contributed by atoms with Gasteiger partial charge in [0.15, 0.2) is 0 Å². The van der Waals surface area contributed by atoms with Gasteiger partial charge < -0.3 is 10.2 Å². The number of carboxylic acids is 1. The van der Waals surface area contributed by atoms with Gasteiger partial charge >= 0.3 is 5.97 Å². The molecule has 2 N–H and O–H groups in total. The SMILES string of the molecule is CCCC(=O)N(c1ccccc1O)c1cc(Cl)ccc1C(=O)O. The third-order valence-electron chi connectivity index (χ3n) is 3.27. The lowest BCUT2D eigenvalue weighted by Crippen LogP contribution is -2.27. The normalized spacial score (nSPS) is 10.3. The Morgan fingerprint density at radius 1 is 1.13 bits per heavy atom. The molecule has 0 atom stereocenters. The van der Waals surface area contributed by atoms with E-state index >= 15 is 0 Å². The minimum atomic E-state index is -1.18. The summed E-state index contributed by atoms with van der Waals surface area (Å²) in [6.07, 6.45) is 0.797. The highest BCUT2D eigenvalue weighted by atomic mass is 35.5. The number of halogens is 1. The van der Waals surface area contributed by atoms with E-state index in [4.69, 9.17) is 11.6 Å². The average Bonchev–Trinajstić information content (AvgIpc) is 2.49. The molecule has 120 valence electrons. The fourth-order valence-electron chi connectivity index (χ4n) is 2.25. The van der Waals surface area contributed by atoms with Gasteiger partial charge in [0.2, 0.25) is 5.91 Å². The van der Waals surface area contributed by atoms with Crippen LogP contribution in [0.1, 0.15) is 30.1 Å². The first kappa shape index (κ1) is 16.8. The van der Waals surface area contributed by atoms with E-state index in [0.29, 0.717) is 11.4 Å². The molecular weight excluding hydrogens is 318 g/mol. The monoisotopic (exact) mass is 333 g/mol. The van der Waals surface area contributed by atoms with Gasteiger partial charge in [-0.2, -0.15) is 0 Å². The number of phenolic OH excluding ortho intramolecular Hbond substituents is 1. The highest BCUT2D eigenvalue weighted by Gasteiger charge is 2.25. The molecule has 0 aliphatic rings. The number of para-hydroxylation sites is 2. The quantitative estimate of drug-likeness (QED) is 0.859. The van der Waals surface area contributed by atoms with Crippen LogP contribution in [0.25, 0.3) is 0 Å². The Labute approximate surface area is 138 Å². The van der Waals surface area contributed by atoms with Crippen LogP contribution in [0, 0.1) is 0 Å². The van der Waals surface area contributed by atoms with Gasteiger partial charge in [-0.3, -0.25) is 9.69 Å². The Bertz CT molecular complexity index is 745. The number of anilines is 2. The maximum absolute atomic E-state index is 12.6. The number of amides is 1. The molecule has 0 aliphatic carbocycles. The van der Waals surface area contributed by atoms with Crippen LogP contribution < -0.4 is 4.90 Å². The summed E-state index contributed by atoms with van der Waals surface area (Å²) < 4.78 is 0. The highest BCUT2D eigenvalue weighted by Crippen LogP contribution is 2.36. The van der Waals surface area contributed by atoms with E-state index in [1.54, 1.807) is 18.2 Å². The lowest BCUT2D eigenvalue weighted by atomic mass is 10.1. The smallest absolute Gasteiger partial charge is 0.337 e. The fourth-order valence-corrected chi connectivity index (χ4v) is 2.41. The van der Waals surface area contributed by atoms with Crippen molar-refractivity contribution in [1.29, 1.82) is 0 Å². The van der Waals surface area contributed by atoms with E-state index in [1.807, 2.05) is 6.92 Å². The van der Waals surface area contributed by atoms with Gasteiger partial charge in [-0.15, -0.1) is 0 Å². The van der Waals surface area contributed by atoms with E-state index in [-0.39, 0.29) is 35.0 Å². The van der Waals surface area contributed by atoms with Gasteiger partial charge in [-0.05, 0) is 36.8 Å². The fraction of sp³-hybridized carbons (Fsp3) is 0.176. The van der Waals surface area contributed by atoms with E-state index in [2.05, 4.69) is 0 Å². The van der Waals surface area contributed by atoms with Crippen LogP contribution in [-0.4, -0.2) is 22.1 Å². The number of phenols is 1. The van der Waals surface area contributed by atoms with Crippen LogP contribution in [0.5, 0.6) is 5.75 Å². The second-order valence-corrected chi connectivity index (χ2v) is 5.37. The predicted octanol–water partition coefficient (Wildman–Crippen LogP) is 4.21. The second kappa shape index (κ2) is 7.15. The van der Waals surface area contributed by atoms with Gasteiger partial charge in [-0.1, -0.05) is 30.7 Å². The zero-order chi connectivity index (χ0) is 17.0. The summed E-state index contributed by atoms with van der Waals surface area (Å²) in [7, 11) is 0. The van der Waals surface area contributed by atoms with Gasteiger partial charge in [0, 0.05) is 11.4 Å². The first-order chi connectivity index (χ1) is 11.0. The standard InChI is InChI=1S/C17H16ClNO4/c1-2-5-16(21)19(13-6-3-4-7-15(13)20)14-10-11(18)8-9-12(14)17(22)23/h3-4,6-10,20H,2,5H2,1H3,(H,22,23). The van der Waals surface area contributed by atoms with Gasteiger partial charge in [0.1, 0.15) is 5.75 Å². The number of hydrogen-bond acceptors (Lipinski definition) is 3. The molecule has 0 aromatic heterocycles. The summed E-state index contributed by atoms with van der Waals surface area (Å²) in [5.41, 5.74) is 0.280. The molecule has 0 radical (unpaired) electrons. The van der Waals surface area contributed by atoms with E-state index in [0.717, 1.165) is 0 Å². The largest absolute Gasteiger partial charge is 0.506 e. The molecule has 0 unspecified atom stereocenters. The minimum Gasteiger partial charge on any atom is -0.506 e. The third kappa shape index (κ3) is 3.63. The Morgan fingerprint density at radius 2 is 1.83 bits per heavy atom. The van der Waals surface area contributed by atoms with E-state index in [1.165, 1.54) is 29.2 Å². The Morgan fingerprint density at radius 3 is 2.43 bits per heavy atom. The van der Waals surface area contributed by atoms with Crippen molar-refractivity contribution in [3.63, 3.8) is 0 Å². The van der Waals surface area contributed by atoms with Crippen molar-refractivity contribution in [2.45, 2.75) is 19.8 Å². The van der Waals surface area contributed by atoms with Crippen molar-refractivity contribution >= 4 is 34.9 Å². The lowest BCUT2D eigenvalue weighted by molar-refractivity contribution is -0.117. The number of benzene rings is 2. The van der Waals surface area contributed by atoms with Crippen LogP contribution in [0.2, 0.25) is 5.02 Å². The highest BCUT2D eigenvalue weighted by molar-refractivity contribution is 6.31. The molecule has 2 aromatic rings. The van der Waals surface area contributed by atoms with Crippen molar-refractivity contribution in [1.82, 2.24) is 0 Å². The van der Waals surface area contributed by atoms with Gasteiger partial charge in [0.25, 0.3) is 0 Å². The Kier molecular flexibility index (Phi) is 5.24. The number of carbonyl (C=O) groups is 2. The molecule has 1 amide bonds. The number of aromatic carboxylic acids is 1. The number of rotatable bonds is 5. The topological polar surface area (TPSA) is 77.8 Å². The summed E-state index contributed by atoms with van der Waals surface area (Å²) in [6.45, 7) is 1.84. The van der Waals surface area contributed by atoms with Crippen LogP contribution in [-0.2, 0) is 4.79 Å². The Hall–Kier alpha value is -2.53. The number of nitrogens with zero attached hydrogens (tertiary/aromatic N) is 1. The van der Waals surface area contributed by atoms with Crippen molar-refractivity contribution in [2.24, 2.45) is 0 Å². The molecule has 0 bridgehead atoms. The zero-order valence-corrected chi connectivity index (χ0v) is 13.2. The van der Waals surface area contributed by atoms with Crippen molar-refractivity contribution in [3.05, 3.63) is 53.1 Å². The molecule has 0 heterocycles. The molecular formula is C17H16ClNO4.